The summed E-state index contributed by atoms with van der Waals surface area (Å²) >= 11 is 0. The number of amides is 1. The zero-order valence-electron chi connectivity index (χ0n) is 43.1. The number of methoxy groups -OCH3 is 2. The van der Waals surface area contributed by atoms with E-state index in [-0.39, 0.29) is 74.1 Å². The van der Waals surface area contributed by atoms with E-state index in [1.165, 1.54) is 12.0 Å². The molecule has 15 atom stereocenters. The van der Waals surface area contributed by atoms with E-state index in [9.17, 15) is 39.3 Å². The second-order valence-electron chi connectivity index (χ2n) is 20.4. The van der Waals surface area contributed by atoms with Crippen molar-refractivity contribution in [2.24, 2.45) is 35.5 Å². The van der Waals surface area contributed by atoms with Crippen molar-refractivity contribution in [3.05, 3.63) is 47.6 Å². The smallest absolute Gasteiger partial charge is 0.329 e. The van der Waals surface area contributed by atoms with Crippen molar-refractivity contribution in [3.63, 3.8) is 0 Å². The lowest BCUT2D eigenvalue weighted by molar-refractivity contribution is -0.266. The molecule has 0 aromatic carbocycles. The molecule has 1 saturated carbocycles. The molecule has 0 spiro atoms. The van der Waals surface area contributed by atoms with Crippen LogP contribution in [0.1, 0.15) is 132 Å². The van der Waals surface area contributed by atoms with E-state index in [1.54, 1.807) is 34.0 Å². The van der Waals surface area contributed by atoms with Crippen LogP contribution in [0.2, 0.25) is 0 Å². The molecule has 3 N–H and O–H groups in total. The van der Waals surface area contributed by atoms with E-state index in [2.05, 4.69) is 0 Å². The number of hydrogen-bond donors (Lipinski definition) is 3. The van der Waals surface area contributed by atoms with Gasteiger partial charge in [0.15, 0.2) is 5.78 Å². The van der Waals surface area contributed by atoms with E-state index in [1.807, 2.05) is 65.0 Å². The minimum atomic E-state index is -2.43. The third kappa shape index (κ3) is 16.0. The van der Waals surface area contributed by atoms with Crippen LogP contribution in [-0.4, -0.2) is 145 Å². The molecule has 0 unspecified atom stereocenters. The van der Waals surface area contributed by atoms with Crippen molar-refractivity contribution in [1.82, 2.24) is 4.90 Å². The van der Waals surface area contributed by atoms with E-state index >= 15 is 0 Å². The van der Waals surface area contributed by atoms with E-state index in [4.69, 9.17) is 28.4 Å². The molecule has 0 radical (unpaired) electrons. The average Bonchev–Trinajstić information content (AvgIpc) is 3.33. The molecule has 2 saturated heterocycles. The van der Waals surface area contributed by atoms with Gasteiger partial charge in [0.05, 0.1) is 37.6 Å². The Morgan fingerprint density at radius 3 is 2.29 bits per heavy atom. The number of nitrogens with zero attached hydrogens (tertiary/aromatic N) is 1. The number of esters is 1. The number of hydrogen-bond acceptors (Lipinski definition) is 14. The number of allylic oxidation sites excluding steroid dienone is 6. The summed E-state index contributed by atoms with van der Waals surface area (Å²) < 4.78 is 35.9. The van der Waals surface area contributed by atoms with Crippen molar-refractivity contribution >= 4 is 29.2 Å². The van der Waals surface area contributed by atoms with Gasteiger partial charge >= 0.3 is 5.97 Å². The first-order valence-corrected chi connectivity index (χ1v) is 25.6. The van der Waals surface area contributed by atoms with Crippen LogP contribution in [0, 0.1) is 35.5 Å². The number of ketones is 3. The third-order valence-corrected chi connectivity index (χ3v) is 15.0. The zero-order valence-corrected chi connectivity index (χ0v) is 43.1. The van der Waals surface area contributed by atoms with Crippen LogP contribution < -0.4 is 0 Å². The molecule has 4 rings (SSSR count). The summed E-state index contributed by atoms with van der Waals surface area (Å²) in [7, 11) is 3.01. The maximum absolute atomic E-state index is 14.5. The van der Waals surface area contributed by atoms with Crippen LogP contribution in [0.4, 0.5) is 0 Å². The topological polar surface area (TPSA) is 205 Å². The van der Waals surface area contributed by atoms with Gasteiger partial charge in [0, 0.05) is 58.0 Å². The number of aliphatic hydroxyl groups is 3. The van der Waals surface area contributed by atoms with Gasteiger partial charge < -0.3 is 48.6 Å². The number of piperidine rings is 1. The Kier molecular flexibility index (Phi) is 23.6. The van der Waals surface area contributed by atoms with Crippen molar-refractivity contribution in [2.45, 2.75) is 187 Å². The molecular formula is C54H85NO14. The fraction of sp³-hybridized carbons (Fsp3) is 0.759. The largest absolute Gasteiger partial charge is 0.460 e. The number of ether oxygens (including phenoxy) is 6. The number of rotatable bonds is 10. The van der Waals surface area contributed by atoms with Gasteiger partial charge in [-0.05, 0) is 114 Å². The van der Waals surface area contributed by atoms with Crippen LogP contribution in [-0.2, 0) is 52.4 Å². The lowest BCUT2D eigenvalue weighted by Crippen LogP contribution is -2.61. The second kappa shape index (κ2) is 28.0. The Bertz CT molecular complexity index is 1830. The monoisotopic (exact) mass is 972 g/mol. The maximum Gasteiger partial charge on any atom is 0.329 e. The standard InChI is InChI=1S/C54H85NO14/c1-11-66-45-31-41-22-20-39(8)54(63,69-41)51(60)52(61)55-24-16-15-19-42(55)53(62)68-46(36(5)29-40-21-23-44(67-26-25-56)47(30-40)64-9)32-43(57)35(4)28-38(7)49(59)50(65-10)48(58)37(6)27-33(2)17-13-12-14-18-34(45)3/h12-14,17-18,28,33,35-37,39-42,44-47,49-50,56,59,63H,11,15-16,19-27,29-32H2,1-10H3/b14-12+,17-13+,34-18+,38-28+/t33-,35-,36-,37-,39-,40+,41+,42+,44-,45+,46+,47-,49-,50+,54-/m1/s1. The second-order valence-corrected chi connectivity index (χ2v) is 20.4. The number of cyclic esters (lactones) is 1. The van der Waals surface area contributed by atoms with E-state index in [0.29, 0.717) is 70.0 Å². The van der Waals surface area contributed by atoms with Gasteiger partial charge in [-0.15, -0.1) is 0 Å². The SMILES string of the molecule is CCO[C@H]1C[C@@H]2CC[C@@H](C)[C@@](O)(O2)C(=O)C(=O)N2CCCC[C@H]2C(=O)O[C@H]([C@H](C)C[C@@H]2CC[C@@H](OCCO)[C@H](OC)C2)CC(=O)[C@H](C)/C=C(\C)[C@@H](O)[C@@H](OC)C(=O)[C@H](C)C[C@H](C)/C=C/C=C/C=C/1C. The number of Topliss-reactive ketones (excluding diaryl/α,β-unsaturated/α-hetero) is 3. The lowest BCUT2D eigenvalue weighted by Gasteiger charge is -2.43. The summed E-state index contributed by atoms with van der Waals surface area (Å²) in [6.07, 6.45) is 12.1. The van der Waals surface area contributed by atoms with Crippen LogP contribution in [0.15, 0.2) is 47.6 Å². The molecule has 0 aromatic rings. The molecule has 3 aliphatic heterocycles. The van der Waals surface area contributed by atoms with Gasteiger partial charge in [0.2, 0.25) is 5.79 Å². The van der Waals surface area contributed by atoms with Gasteiger partial charge in [-0.2, -0.15) is 0 Å². The van der Waals surface area contributed by atoms with Crippen LogP contribution >= 0.6 is 0 Å². The highest BCUT2D eigenvalue weighted by Crippen LogP contribution is 2.38. The summed E-state index contributed by atoms with van der Waals surface area (Å²) in [5.74, 6) is -7.96. The summed E-state index contributed by atoms with van der Waals surface area (Å²) in [6, 6.07) is -1.15. The van der Waals surface area contributed by atoms with Gasteiger partial charge in [-0.3, -0.25) is 19.2 Å². The zero-order chi connectivity index (χ0) is 51.0. The van der Waals surface area contributed by atoms with Crippen molar-refractivity contribution in [1.29, 1.82) is 0 Å². The Labute approximate surface area is 411 Å². The molecule has 3 heterocycles. The van der Waals surface area contributed by atoms with Crippen LogP contribution in [0.25, 0.3) is 0 Å². The first-order chi connectivity index (χ1) is 32.8. The fourth-order valence-electron chi connectivity index (χ4n) is 10.6. The predicted molar refractivity (Wildman–Crippen MR) is 261 cm³/mol. The Morgan fingerprint density at radius 1 is 0.870 bits per heavy atom. The van der Waals surface area contributed by atoms with Gasteiger partial charge in [-0.1, -0.05) is 71.1 Å². The lowest BCUT2D eigenvalue weighted by atomic mass is 9.78. The molecule has 15 nitrogen and oxygen atoms in total. The quantitative estimate of drug-likeness (QED) is 0.120. The van der Waals surface area contributed by atoms with E-state index < -0.39 is 77.8 Å². The first kappa shape index (κ1) is 58.2. The van der Waals surface area contributed by atoms with E-state index in [0.717, 1.165) is 12.0 Å². The van der Waals surface area contributed by atoms with Crippen molar-refractivity contribution < 1.29 is 67.7 Å². The van der Waals surface area contributed by atoms with Crippen molar-refractivity contribution in [3.8, 4) is 0 Å². The Balaban J connectivity index is 1.71. The number of fused-ring (bicyclic) bond motifs is 3. The molecule has 4 aliphatic rings. The number of carbonyl (C=O) groups is 5. The predicted octanol–water partition coefficient (Wildman–Crippen LogP) is 6.59. The minimum absolute atomic E-state index is 0.0153. The Morgan fingerprint density at radius 2 is 1.61 bits per heavy atom. The maximum atomic E-state index is 14.5. The van der Waals surface area contributed by atoms with Gasteiger partial charge in [0.1, 0.15) is 30.1 Å². The average molecular weight is 972 g/mol. The minimum Gasteiger partial charge on any atom is -0.460 e. The molecule has 2 bridgehead atoms. The molecule has 3 fully saturated rings. The molecule has 390 valence electrons. The molecular weight excluding hydrogens is 887 g/mol. The van der Waals surface area contributed by atoms with Gasteiger partial charge in [0.25, 0.3) is 11.7 Å². The molecule has 1 amide bonds. The number of carbonyl (C=O) groups excluding carboxylic acids is 5. The third-order valence-electron chi connectivity index (χ3n) is 15.0. The summed E-state index contributed by atoms with van der Waals surface area (Å²) in [5, 5.41) is 32.9. The number of aliphatic hydroxyl groups excluding tert-OH is 2. The molecule has 0 aromatic heterocycles. The normalized spacial score (nSPS) is 38.8. The highest BCUT2D eigenvalue weighted by atomic mass is 16.6. The molecule has 69 heavy (non-hydrogen) atoms. The van der Waals surface area contributed by atoms with Crippen LogP contribution in [0.3, 0.4) is 0 Å². The molecule has 15 heteroatoms. The first-order valence-electron chi connectivity index (χ1n) is 25.6. The summed E-state index contributed by atoms with van der Waals surface area (Å²) in [6.45, 7) is 15.2. The summed E-state index contributed by atoms with van der Waals surface area (Å²) in [5.41, 5.74) is 1.28. The van der Waals surface area contributed by atoms with Crippen molar-refractivity contribution in [2.75, 3.05) is 40.6 Å². The van der Waals surface area contributed by atoms with Crippen LogP contribution in [0.5, 0.6) is 0 Å². The Hall–Kier alpha value is -3.41. The highest BCUT2D eigenvalue weighted by Gasteiger charge is 2.53. The molecule has 1 aliphatic carbocycles. The fourth-order valence-corrected chi connectivity index (χ4v) is 10.6. The highest BCUT2D eigenvalue weighted by molar-refractivity contribution is 6.39. The van der Waals surface area contributed by atoms with Gasteiger partial charge in [-0.25, -0.2) is 4.79 Å². The summed E-state index contributed by atoms with van der Waals surface area (Å²) in [4.78, 5) is 72.3.